The number of nitrogens with one attached hydrogen (secondary N) is 2. The Morgan fingerprint density at radius 1 is 1.39 bits per heavy atom. The van der Waals surface area contributed by atoms with E-state index < -0.39 is 0 Å². The fourth-order valence-corrected chi connectivity index (χ4v) is 2.49. The van der Waals surface area contributed by atoms with Gasteiger partial charge in [-0.2, -0.15) is 10.4 Å². The van der Waals surface area contributed by atoms with Crippen molar-refractivity contribution in [1.82, 2.24) is 15.2 Å². The third-order valence-corrected chi connectivity index (χ3v) is 4.08. The number of hydrogen-bond donors (Lipinski definition) is 2. The van der Waals surface area contributed by atoms with Crippen LogP contribution in [-0.4, -0.2) is 21.1 Å². The van der Waals surface area contributed by atoms with E-state index in [1.807, 2.05) is 25.1 Å². The molecule has 0 aliphatic rings. The summed E-state index contributed by atoms with van der Waals surface area (Å²) in [4.78, 5) is 16.4. The van der Waals surface area contributed by atoms with Gasteiger partial charge in [0, 0.05) is 22.8 Å². The third kappa shape index (κ3) is 2.62. The molecule has 0 saturated carbocycles. The van der Waals surface area contributed by atoms with Gasteiger partial charge >= 0.3 is 0 Å². The zero-order valence-electron chi connectivity index (χ0n) is 12.4. The molecule has 0 bridgehead atoms. The topological polar surface area (TPSA) is 94.5 Å². The molecule has 1 aromatic carbocycles. The van der Waals surface area contributed by atoms with Crippen molar-refractivity contribution in [2.24, 2.45) is 0 Å². The predicted octanol–water partition coefficient (Wildman–Crippen LogP) is 3.35. The molecule has 2 heterocycles. The second-order valence-electron chi connectivity index (χ2n) is 5.09. The monoisotopic (exact) mass is 325 g/mol. The highest BCUT2D eigenvalue weighted by Crippen LogP contribution is 2.24. The lowest BCUT2D eigenvalue weighted by atomic mass is 10.1. The van der Waals surface area contributed by atoms with E-state index in [2.05, 4.69) is 20.5 Å². The van der Waals surface area contributed by atoms with Crippen LogP contribution < -0.4 is 5.32 Å². The SMILES string of the molecule is Cc1c(C(=O)Nc2ccc3[nH]nc(C)c3c2)ncc(C#N)c1Cl. The summed E-state index contributed by atoms with van der Waals surface area (Å²) in [6.45, 7) is 3.55. The number of halogens is 1. The van der Waals surface area contributed by atoms with Crippen molar-refractivity contribution >= 4 is 34.1 Å². The van der Waals surface area contributed by atoms with Gasteiger partial charge in [-0.15, -0.1) is 0 Å². The zero-order chi connectivity index (χ0) is 16.6. The first-order valence-corrected chi connectivity index (χ1v) is 7.20. The average molecular weight is 326 g/mol. The quantitative estimate of drug-likeness (QED) is 0.755. The number of nitrogens with zero attached hydrogens (tertiary/aromatic N) is 3. The second kappa shape index (κ2) is 5.71. The Labute approximate surface area is 137 Å². The van der Waals surface area contributed by atoms with Crippen LogP contribution in [0.15, 0.2) is 24.4 Å². The molecule has 0 spiro atoms. The summed E-state index contributed by atoms with van der Waals surface area (Å²) < 4.78 is 0. The number of rotatable bonds is 2. The van der Waals surface area contributed by atoms with E-state index >= 15 is 0 Å². The molecule has 2 N–H and O–H groups in total. The Bertz CT molecular complexity index is 970. The molecule has 3 rings (SSSR count). The van der Waals surface area contributed by atoms with Gasteiger partial charge in [0.2, 0.25) is 0 Å². The summed E-state index contributed by atoms with van der Waals surface area (Å²) in [6, 6.07) is 7.40. The number of carbonyl (C=O) groups is 1. The number of aromatic nitrogens is 3. The fraction of sp³-hybridized carbons (Fsp3) is 0.125. The first-order valence-electron chi connectivity index (χ1n) is 6.82. The van der Waals surface area contributed by atoms with Crippen LogP contribution in [-0.2, 0) is 0 Å². The molecular weight excluding hydrogens is 314 g/mol. The van der Waals surface area contributed by atoms with Gasteiger partial charge < -0.3 is 5.32 Å². The van der Waals surface area contributed by atoms with Crippen LogP contribution in [0.25, 0.3) is 10.9 Å². The van der Waals surface area contributed by atoms with E-state index in [9.17, 15) is 4.79 Å². The molecule has 114 valence electrons. The number of fused-ring (bicyclic) bond motifs is 1. The number of amides is 1. The Kier molecular flexibility index (Phi) is 3.72. The lowest BCUT2D eigenvalue weighted by Gasteiger charge is -2.09. The summed E-state index contributed by atoms with van der Waals surface area (Å²) in [6.07, 6.45) is 1.30. The largest absolute Gasteiger partial charge is 0.321 e. The number of aromatic amines is 1. The molecule has 0 aliphatic heterocycles. The zero-order valence-corrected chi connectivity index (χ0v) is 13.2. The van der Waals surface area contributed by atoms with Gasteiger partial charge in [-0.1, -0.05) is 11.6 Å². The van der Waals surface area contributed by atoms with Gasteiger partial charge in [0.1, 0.15) is 11.8 Å². The molecule has 7 heteroatoms. The molecule has 23 heavy (non-hydrogen) atoms. The van der Waals surface area contributed by atoms with Crippen molar-refractivity contribution in [2.75, 3.05) is 5.32 Å². The lowest BCUT2D eigenvalue weighted by molar-refractivity contribution is 0.102. The van der Waals surface area contributed by atoms with Crippen LogP contribution in [0.3, 0.4) is 0 Å². The van der Waals surface area contributed by atoms with Crippen LogP contribution >= 0.6 is 11.6 Å². The van der Waals surface area contributed by atoms with Gasteiger partial charge in [0.25, 0.3) is 5.91 Å². The van der Waals surface area contributed by atoms with Crippen LogP contribution in [0.5, 0.6) is 0 Å². The lowest BCUT2D eigenvalue weighted by Crippen LogP contribution is -2.15. The van der Waals surface area contributed by atoms with Crippen LogP contribution in [0.4, 0.5) is 5.69 Å². The smallest absolute Gasteiger partial charge is 0.274 e. The summed E-state index contributed by atoms with van der Waals surface area (Å²) in [5.74, 6) is -0.380. The summed E-state index contributed by atoms with van der Waals surface area (Å²) in [5, 5.41) is 19.9. The highest BCUT2D eigenvalue weighted by atomic mass is 35.5. The molecular formula is C16H12ClN5O. The van der Waals surface area contributed by atoms with Crippen molar-refractivity contribution in [3.63, 3.8) is 0 Å². The number of H-pyrrole nitrogens is 1. The number of hydrogen-bond acceptors (Lipinski definition) is 4. The minimum absolute atomic E-state index is 0.193. The average Bonchev–Trinajstić information content (AvgIpc) is 2.91. The van der Waals surface area contributed by atoms with Gasteiger partial charge in [0.05, 0.1) is 21.8 Å². The maximum Gasteiger partial charge on any atom is 0.274 e. The third-order valence-electron chi connectivity index (χ3n) is 3.59. The van der Waals surface area contributed by atoms with Crippen LogP contribution in [0.1, 0.15) is 27.3 Å². The molecule has 0 saturated heterocycles. The fourth-order valence-electron chi connectivity index (χ4n) is 2.31. The Morgan fingerprint density at radius 3 is 2.91 bits per heavy atom. The molecule has 2 aromatic heterocycles. The van der Waals surface area contributed by atoms with Gasteiger partial charge in [-0.25, -0.2) is 4.98 Å². The summed E-state index contributed by atoms with van der Waals surface area (Å²) in [5.41, 5.74) is 3.30. The van der Waals surface area contributed by atoms with E-state index in [4.69, 9.17) is 16.9 Å². The number of carbonyl (C=O) groups excluding carboxylic acids is 1. The minimum Gasteiger partial charge on any atom is -0.321 e. The summed E-state index contributed by atoms with van der Waals surface area (Å²) in [7, 11) is 0. The molecule has 0 fully saturated rings. The molecule has 6 nitrogen and oxygen atoms in total. The van der Waals surface area contributed by atoms with Gasteiger partial charge in [-0.3, -0.25) is 9.89 Å². The number of aryl methyl sites for hydroxylation is 1. The first kappa shape index (κ1) is 15.0. The van der Waals surface area contributed by atoms with Crippen LogP contribution in [0, 0.1) is 25.2 Å². The van der Waals surface area contributed by atoms with E-state index in [-0.39, 0.29) is 22.2 Å². The number of pyridine rings is 1. The Balaban J connectivity index is 1.93. The number of benzene rings is 1. The van der Waals surface area contributed by atoms with Gasteiger partial charge in [-0.05, 0) is 32.0 Å². The Hall–Kier alpha value is -2.91. The van der Waals surface area contributed by atoms with Crippen molar-refractivity contribution in [2.45, 2.75) is 13.8 Å². The van der Waals surface area contributed by atoms with E-state index in [0.29, 0.717) is 11.3 Å². The molecule has 0 unspecified atom stereocenters. The van der Waals surface area contributed by atoms with Gasteiger partial charge in [0.15, 0.2) is 0 Å². The number of anilines is 1. The molecule has 3 aromatic rings. The normalized spacial score (nSPS) is 10.5. The second-order valence-corrected chi connectivity index (χ2v) is 5.47. The molecule has 0 radical (unpaired) electrons. The number of nitriles is 1. The first-order chi connectivity index (χ1) is 11.0. The molecule has 0 aliphatic carbocycles. The van der Waals surface area contributed by atoms with Crippen molar-refractivity contribution < 1.29 is 4.79 Å². The maximum absolute atomic E-state index is 12.4. The van der Waals surface area contributed by atoms with Crippen LogP contribution in [0.2, 0.25) is 5.02 Å². The maximum atomic E-state index is 12.4. The molecule has 0 atom stereocenters. The van der Waals surface area contributed by atoms with E-state index in [1.54, 1.807) is 13.0 Å². The Morgan fingerprint density at radius 2 is 2.17 bits per heavy atom. The molecule has 1 amide bonds. The highest BCUT2D eigenvalue weighted by molar-refractivity contribution is 6.33. The standard InChI is InChI=1S/C16H12ClN5O/c1-8-14(17)10(6-18)7-19-15(8)16(23)20-11-3-4-13-12(5-11)9(2)21-22-13/h3-5,7H,1-2H3,(H,20,23)(H,21,22). The predicted molar refractivity (Wildman–Crippen MR) is 87.5 cm³/mol. The van der Waals surface area contributed by atoms with Crippen molar-refractivity contribution in [3.8, 4) is 6.07 Å². The highest BCUT2D eigenvalue weighted by Gasteiger charge is 2.16. The van der Waals surface area contributed by atoms with Crippen molar-refractivity contribution in [3.05, 3.63) is 51.9 Å². The summed E-state index contributed by atoms with van der Waals surface area (Å²) >= 11 is 6.07. The van der Waals surface area contributed by atoms with Crippen molar-refractivity contribution in [1.29, 1.82) is 5.26 Å². The van der Waals surface area contributed by atoms with E-state index in [1.165, 1.54) is 6.20 Å². The van der Waals surface area contributed by atoms with E-state index in [0.717, 1.165) is 16.6 Å². The minimum atomic E-state index is -0.380.